The third-order valence-corrected chi connectivity index (χ3v) is 7.02. The van der Waals surface area contributed by atoms with Crippen molar-refractivity contribution in [2.24, 2.45) is 9.98 Å². The van der Waals surface area contributed by atoms with Gasteiger partial charge in [-0.25, -0.2) is 0 Å². The first-order valence-corrected chi connectivity index (χ1v) is 15.5. The van der Waals surface area contributed by atoms with Gasteiger partial charge in [0.2, 0.25) is 0 Å². The van der Waals surface area contributed by atoms with Crippen LogP contribution in [-0.4, -0.2) is 11.9 Å². The van der Waals surface area contributed by atoms with E-state index in [0.717, 1.165) is 55.6 Å². The van der Waals surface area contributed by atoms with Crippen LogP contribution in [0.1, 0.15) is 134 Å². The Kier molecular flexibility index (Phi) is 19.1. The van der Waals surface area contributed by atoms with Crippen LogP contribution in [-0.2, 0) is 42.2 Å². The normalized spacial score (nSPS) is 11.8. The second kappa shape index (κ2) is 21.1. The van der Waals surface area contributed by atoms with Crippen LogP contribution in [0.15, 0.2) is 46.4 Å². The molecule has 38 heavy (non-hydrogen) atoms. The molecule has 3 heteroatoms. The Morgan fingerprint density at radius 2 is 0.921 bits per heavy atom. The third kappa shape index (κ3) is 13.9. The van der Waals surface area contributed by atoms with Crippen LogP contribution < -0.4 is 0 Å². The van der Waals surface area contributed by atoms with Gasteiger partial charge >= 0.3 is 0 Å². The number of hydrogen-bond acceptors (Lipinski definition) is 2. The SMILES string of the molecule is CCCCCC(C=Nc1cc(CCCC)cc(CCCC)c1)=Nc1cc(CCCC)cc(CCCC)c1.[Ni]. The van der Waals surface area contributed by atoms with Crippen molar-refractivity contribution in [1.29, 1.82) is 0 Å². The van der Waals surface area contributed by atoms with E-state index < -0.39 is 0 Å². The Balaban J connectivity index is 0.00000722. The average molecular weight is 562 g/mol. The van der Waals surface area contributed by atoms with E-state index in [1.807, 2.05) is 0 Å². The van der Waals surface area contributed by atoms with Crippen molar-refractivity contribution in [1.82, 2.24) is 0 Å². The maximum absolute atomic E-state index is 5.19. The molecule has 0 saturated heterocycles. The number of unbranched alkanes of at least 4 members (excludes halogenated alkanes) is 6. The Hall–Kier alpha value is -1.73. The van der Waals surface area contributed by atoms with Gasteiger partial charge in [0.25, 0.3) is 0 Å². The van der Waals surface area contributed by atoms with E-state index in [1.54, 1.807) is 0 Å². The number of rotatable bonds is 19. The molecule has 0 aromatic heterocycles. The number of benzene rings is 2. The minimum absolute atomic E-state index is 0. The van der Waals surface area contributed by atoms with Crippen LogP contribution in [0.5, 0.6) is 0 Å². The zero-order valence-electron chi connectivity index (χ0n) is 25.1. The minimum atomic E-state index is 0. The molecule has 0 atom stereocenters. The second-order valence-electron chi connectivity index (χ2n) is 10.7. The molecule has 0 aliphatic rings. The van der Waals surface area contributed by atoms with E-state index in [2.05, 4.69) is 77.2 Å². The zero-order chi connectivity index (χ0) is 26.7. The second-order valence-corrected chi connectivity index (χ2v) is 10.7. The van der Waals surface area contributed by atoms with Gasteiger partial charge in [0.15, 0.2) is 0 Å². The summed E-state index contributed by atoms with van der Waals surface area (Å²) in [5.74, 6) is 0. The molecule has 0 unspecified atom stereocenters. The van der Waals surface area contributed by atoms with Crippen molar-refractivity contribution in [3.05, 3.63) is 58.7 Å². The molecule has 2 rings (SSSR count). The summed E-state index contributed by atoms with van der Waals surface area (Å²) in [5, 5.41) is 0. The first-order valence-electron chi connectivity index (χ1n) is 15.5. The summed E-state index contributed by atoms with van der Waals surface area (Å²) < 4.78 is 0. The maximum atomic E-state index is 5.19. The molecule has 2 aromatic carbocycles. The standard InChI is InChI=1S/C35H54N2.Ni/c1-6-11-16-21-33(37-35-26-31(19-14-9-4)23-32(27-35)20-15-10-5)28-36-34-24-29(17-12-7-2)22-30(25-34)18-13-8-3;/h22-28H,6-21H2,1-5H3;. The van der Waals surface area contributed by atoms with Crippen molar-refractivity contribution in [2.75, 3.05) is 0 Å². The van der Waals surface area contributed by atoms with Gasteiger partial charge in [0.05, 0.1) is 17.1 Å². The molecule has 2 aromatic rings. The van der Waals surface area contributed by atoms with Gasteiger partial charge in [0, 0.05) is 22.7 Å². The van der Waals surface area contributed by atoms with Gasteiger partial charge in [-0.2, -0.15) is 0 Å². The van der Waals surface area contributed by atoms with Gasteiger partial charge in [-0.15, -0.1) is 0 Å². The number of hydrogen-bond donors (Lipinski definition) is 0. The molecule has 0 heterocycles. The predicted molar refractivity (Wildman–Crippen MR) is 167 cm³/mol. The number of aliphatic imine (C=N–C) groups is 2. The topological polar surface area (TPSA) is 24.7 Å². The van der Waals surface area contributed by atoms with E-state index >= 15 is 0 Å². The Bertz CT molecular complexity index is 908. The average Bonchev–Trinajstić information content (AvgIpc) is 2.91. The van der Waals surface area contributed by atoms with Gasteiger partial charge in [-0.05, 0) is 111 Å². The maximum Gasteiger partial charge on any atom is 0.0639 e. The summed E-state index contributed by atoms with van der Waals surface area (Å²) in [6, 6.07) is 14.0. The molecule has 2 nitrogen and oxygen atoms in total. The van der Waals surface area contributed by atoms with Gasteiger partial charge < -0.3 is 0 Å². The fourth-order valence-corrected chi connectivity index (χ4v) is 4.75. The van der Waals surface area contributed by atoms with E-state index in [0.29, 0.717) is 0 Å². The molecule has 0 bridgehead atoms. The minimum Gasteiger partial charge on any atom is -0.255 e. The largest absolute Gasteiger partial charge is 0.255 e. The molecule has 0 aliphatic heterocycles. The molecular formula is C35H54N2Ni. The first-order chi connectivity index (χ1) is 18.1. The van der Waals surface area contributed by atoms with Crippen LogP contribution in [0, 0.1) is 0 Å². The zero-order valence-corrected chi connectivity index (χ0v) is 26.1. The van der Waals surface area contributed by atoms with Crippen LogP contribution in [0.2, 0.25) is 0 Å². The van der Waals surface area contributed by atoms with E-state index in [9.17, 15) is 0 Å². The molecular weight excluding hydrogens is 507 g/mol. The van der Waals surface area contributed by atoms with Crippen molar-refractivity contribution in [3.8, 4) is 0 Å². The van der Waals surface area contributed by atoms with Crippen LogP contribution in [0.3, 0.4) is 0 Å². The van der Waals surface area contributed by atoms with Crippen molar-refractivity contribution >= 4 is 23.3 Å². The summed E-state index contributed by atoms with van der Waals surface area (Å²) in [4.78, 5) is 10.2. The Labute approximate surface area is 245 Å². The third-order valence-electron chi connectivity index (χ3n) is 7.02. The first kappa shape index (κ1) is 34.3. The summed E-state index contributed by atoms with van der Waals surface area (Å²) in [5.41, 5.74) is 9.02. The molecule has 0 spiro atoms. The van der Waals surface area contributed by atoms with E-state index in [1.165, 1.54) is 86.5 Å². The summed E-state index contributed by atoms with van der Waals surface area (Å²) in [7, 11) is 0. The molecule has 0 amide bonds. The number of aryl methyl sites for hydroxylation is 4. The Morgan fingerprint density at radius 1 is 0.526 bits per heavy atom. The van der Waals surface area contributed by atoms with Crippen LogP contribution >= 0.6 is 0 Å². The molecule has 214 valence electrons. The molecule has 0 radical (unpaired) electrons. The fourth-order valence-electron chi connectivity index (χ4n) is 4.75. The molecule has 0 aliphatic carbocycles. The predicted octanol–water partition coefficient (Wildman–Crippen LogP) is 11.1. The quantitative estimate of drug-likeness (QED) is 0.0926. The molecule has 0 saturated carbocycles. The number of nitrogens with zero attached hydrogens (tertiary/aromatic N) is 2. The van der Waals surface area contributed by atoms with Crippen molar-refractivity contribution in [3.63, 3.8) is 0 Å². The Morgan fingerprint density at radius 3 is 1.32 bits per heavy atom. The van der Waals surface area contributed by atoms with Crippen molar-refractivity contribution in [2.45, 2.75) is 137 Å². The molecule has 0 N–H and O–H groups in total. The smallest absolute Gasteiger partial charge is 0.0639 e. The molecule has 0 fully saturated rings. The van der Waals surface area contributed by atoms with Gasteiger partial charge in [0.1, 0.15) is 0 Å². The summed E-state index contributed by atoms with van der Waals surface area (Å²) in [6.07, 6.45) is 21.1. The summed E-state index contributed by atoms with van der Waals surface area (Å²) >= 11 is 0. The van der Waals surface area contributed by atoms with Crippen molar-refractivity contribution < 1.29 is 16.5 Å². The van der Waals surface area contributed by atoms with E-state index in [4.69, 9.17) is 9.98 Å². The summed E-state index contributed by atoms with van der Waals surface area (Å²) in [6.45, 7) is 11.3. The van der Waals surface area contributed by atoms with Crippen LogP contribution in [0.4, 0.5) is 11.4 Å². The van der Waals surface area contributed by atoms with Gasteiger partial charge in [-0.1, -0.05) is 85.3 Å². The monoisotopic (exact) mass is 560 g/mol. The van der Waals surface area contributed by atoms with E-state index in [-0.39, 0.29) is 16.5 Å². The van der Waals surface area contributed by atoms with Crippen LogP contribution in [0.25, 0.3) is 0 Å². The fraction of sp³-hybridized carbons (Fsp3) is 0.600. The van der Waals surface area contributed by atoms with Gasteiger partial charge in [-0.3, -0.25) is 9.98 Å².